The number of nitrogens with two attached hydrogens (primary N) is 1. The minimum Gasteiger partial charge on any atom is -0.332 e. The molecule has 2 heterocycles. The maximum atomic E-state index is 12.7. The molecular formula is C17H20ClN3O. The summed E-state index contributed by atoms with van der Waals surface area (Å²) in [6.07, 6.45) is 5.62. The van der Waals surface area contributed by atoms with Crippen LogP contribution in [0.1, 0.15) is 40.4 Å². The van der Waals surface area contributed by atoms with Crippen molar-refractivity contribution in [1.82, 2.24) is 9.88 Å². The number of rotatable bonds is 3. The topological polar surface area (TPSA) is 59.2 Å². The van der Waals surface area contributed by atoms with Gasteiger partial charge in [0, 0.05) is 31.0 Å². The Morgan fingerprint density at radius 3 is 2.50 bits per heavy atom. The van der Waals surface area contributed by atoms with E-state index in [0.29, 0.717) is 6.54 Å². The average Bonchev–Trinajstić information content (AvgIpc) is 3.04. The van der Waals surface area contributed by atoms with Crippen molar-refractivity contribution in [2.45, 2.75) is 25.4 Å². The van der Waals surface area contributed by atoms with E-state index in [4.69, 9.17) is 5.73 Å². The Bertz CT molecular complexity index is 616. The Balaban J connectivity index is 0.00000176. The Morgan fingerprint density at radius 1 is 1.18 bits per heavy atom. The van der Waals surface area contributed by atoms with Gasteiger partial charge >= 0.3 is 0 Å². The van der Waals surface area contributed by atoms with Gasteiger partial charge in [-0.25, -0.2) is 0 Å². The molecule has 1 amide bonds. The van der Waals surface area contributed by atoms with Crippen LogP contribution in [-0.4, -0.2) is 22.3 Å². The SMILES string of the molecule is Cl.NCc1ccc(C(=O)N2CCCC2c2ccncc2)cc1. The maximum absolute atomic E-state index is 12.7. The highest BCUT2D eigenvalue weighted by Gasteiger charge is 2.30. The first kappa shape index (κ1) is 16.5. The predicted octanol–water partition coefficient (Wildman–Crippen LogP) is 2.94. The Hall–Kier alpha value is -1.91. The summed E-state index contributed by atoms with van der Waals surface area (Å²) in [5.41, 5.74) is 8.53. The van der Waals surface area contributed by atoms with Crippen molar-refractivity contribution in [2.24, 2.45) is 5.73 Å². The number of pyridine rings is 1. The van der Waals surface area contributed by atoms with E-state index >= 15 is 0 Å². The van der Waals surface area contributed by atoms with Gasteiger partial charge in [-0.15, -0.1) is 12.4 Å². The number of hydrogen-bond donors (Lipinski definition) is 1. The largest absolute Gasteiger partial charge is 0.332 e. The number of carbonyl (C=O) groups excluding carboxylic acids is 1. The van der Waals surface area contributed by atoms with E-state index in [2.05, 4.69) is 4.98 Å². The highest BCUT2D eigenvalue weighted by atomic mass is 35.5. The lowest BCUT2D eigenvalue weighted by Gasteiger charge is -2.25. The molecule has 116 valence electrons. The van der Waals surface area contributed by atoms with E-state index in [9.17, 15) is 4.79 Å². The third-order valence-corrected chi connectivity index (χ3v) is 4.04. The van der Waals surface area contributed by atoms with E-state index in [-0.39, 0.29) is 24.4 Å². The van der Waals surface area contributed by atoms with Crippen LogP contribution in [0.25, 0.3) is 0 Å². The first-order chi connectivity index (χ1) is 10.3. The molecule has 0 radical (unpaired) electrons. The Kier molecular flexibility index (Phi) is 5.52. The summed E-state index contributed by atoms with van der Waals surface area (Å²) in [4.78, 5) is 18.7. The molecule has 5 heteroatoms. The molecule has 22 heavy (non-hydrogen) atoms. The third kappa shape index (κ3) is 3.29. The monoisotopic (exact) mass is 317 g/mol. The number of halogens is 1. The third-order valence-electron chi connectivity index (χ3n) is 4.04. The number of nitrogens with zero attached hydrogens (tertiary/aromatic N) is 2. The van der Waals surface area contributed by atoms with Gasteiger partial charge in [0.25, 0.3) is 5.91 Å². The van der Waals surface area contributed by atoms with E-state index in [1.54, 1.807) is 12.4 Å². The van der Waals surface area contributed by atoms with Crippen molar-refractivity contribution in [2.75, 3.05) is 6.54 Å². The zero-order valence-electron chi connectivity index (χ0n) is 12.3. The van der Waals surface area contributed by atoms with Gasteiger partial charge in [0.15, 0.2) is 0 Å². The summed E-state index contributed by atoms with van der Waals surface area (Å²) in [6.45, 7) is 1.31. The zero-order chi connectivity index (χ0) is 14.7. The summed E-state index contributed by atoms with van der Waals surface area (Å²) >= 11 is 0. The molecule has 3 rings (SSSR count). The van der Waals surface area contributed by atoms with E-state index in [0.717, 1.165) is 36.1 Å². The molecule has 0 bridgehead atoms. The molecule has 1 atom stereocenters. The summed E-state index contributed by atoms with van der Waals surface area (Å²) < 4.78 is 0. The molecule has 0 spiro atoms. The van der Waals surface area contributed by atoms with Crippen LogP contribution in [0.2, 0.25) is 0 Å². The molecule has 1 fully saturated rings. The van der Waals surface area contributed by atoms with Crippen LogP contribution >= 0.6 is 12.4 Å². The van der Waals surface area contributed by atoms with E-state index in [1.165, 1.54) is 0 Å². The predicted molar refractivity (Wildman–Crippen MR) is 88.8 cm³/mol. The smallest absolute Gasteiger partial charge is 0.254 e. The molecule has 2 aromatic rings. The Morgan fingerprint density at radius 2 is 1.86 bits per heavy atom. The summed E-state index contributed by atoms with van der Waals surface area (Å²) in [6, 6.07) is 11.7. The van der Waals surface area contributed by atoms with Gasteiger partial charge < -0.3 is 10.6 Å². The molecule has 1 saturated heterocycles. The number of likely N-dealkylation sites (tertiary alicyclic amines) is 1. The molecule has 1 aromatic carbocycles. The first-order valence-corrected chi connectivity index (χ1v) is 7.29. The summed E-state index contributed by atoms with van der Waals surface area (Å²) in [5.74, 6) is 0.0953. The van der Waals surface area contributed by atoms with Crippen LogP contribution in [0, 0.1) is 0 Å². The molecule has 1 aliphatic rings. The van der Waals surface area contributed by atoms with Crippen LogP contribution in [0.5, 0.6) is 0 Å². The molecule has 0 saturated carbocycles. The second kappa shape index (κ2) is 7.38. The molecule has 1 unspecified atom stereocenters. The lowest BCUT2D eigenvalue weighted by atomic mass is 10.0. The number of aromatic nitrogens is 1. The molecule has 0 aliphatic carbocycles. The van der Waals surface area contributed by atoms with Gasteiger partial charge in [-0.1, -0.05) is 12.1 Å². The van der Waals surface area contributed by atoms with Crippen molar-refractivity contribution < 1.29 is 4.79 Å². The number of amides is 1. The lowest BCUT2D eigenvalue weighted by molar-refractivity contribution is 0.0735. The van der Waals surface area contributed by atoms with Crippen molar-refractivity contribution in [3.05, 3.63) is 65.5 Å². The van der Waals surface area contributed by atoms with Gasteiger partial charge in [-0.05, 0) is 48.2 Å². The second-order valence-electron chi connectivity index (χ2n) is 5.34. The highest BCUT2D eigenvalue weighted by molar-refractivity contribution is 5.94. The molecule has 1 aromatic heterocycles. The normalized spacial score (nSPS) is 17.1. The van der Waals surface area contributed by atoms with Gasteiger partial charge in [0.05, 0.1) is 6.04 Å². The maximum Gasteiger partial charge on any atom is 0.254 e. The van der Waals surface area contributed by atoms with Gasteiger partial charge in [0.2, 0.25) is 0 Å². The first-order valence-electron chi connectivity index (χ1n) is 7.29. The van der Waals surface area contributed by atoms with Gasteiger partial charge in [-0.3, -0.25) is 9.78 Å². The van der Waals surface area contributed by atoms with E-state index < -0.39 is 0 Å². The van der Waals surface area contributed by atoms with Crippen LogP contribution in [0.15, 0.2) is 48.8 Å². The van der Waals surface area contributed by atoms with Crippen LogP contribution in [0.3, 0.4) is 0 Å². The minimum absolute atomic E-state index is 0. The fourth-order valence-electron chi connectivity index (χ4n) is 2.89. The fraction of sp³-hybridized carbons (Fsp3) is 0.294. The van der Waals surface area contributed by atoms with Crippen molar-refractivity contribution >= 4 is 18.3 Å². The van der Waals surface area contributed by atoms with Crippen molar-refractivity contribution in [3.63, 3.8) is 0 Å². The van der Waals surface area contributed by atoms with Crippen LogP contribution in [0.4, 0.5) is 0 Å². The number of hydrogen-bond acceptors (Lipinski definition) is 3. The second-order valence-corrected chi connectivity index (χ2v) is 5.34. The summed E-state index contributed by atoms with van der Waals surface area (Å²) in [5, 5.41) is 0. The average molecular weight is 318 g/mol. The standard InChI is InChI=1S/C17H19N3O.ClH/c18-12-13-3-5-15(6-4-13)17(21)20-11-1-2-16(20)14-7-9-19-10-8-14;/h3-10,16H,1-2,11-12,18H2;1H. The summed E-state index contributed by atoms with van der Waals surface area (Å²) in [7, 11) is 0. The lowest BCUT2D eigenvalue weighted by Crippen LogP contribution is -2.30. The number of carbonyl (C=O) groups is 1. The van der Waals surface area contributed by atoms with Gasteiger partial charge in [-0.2, -0.15) is 0 Å². The molecule has 2 N–H and O–H groups in total. The quantitative estimate of drug-likeness (QED) is 0.947. The number of benzene rings is 1. The van der Waals surface area contributed by atoms with Crippen LogP contribution < -0.4 is 5.73 Å². The van der Waals surface area contributed by atoms with Crippen LogP contribution in [-0.2, 0) is 6.54 Å². The minimum atomic E-state index is 0. The van der Waals surface area contributed by atoms with Crippen molar-refractivity contribution in [3.8, 4) is 0 Å². The highest BCUT2D eigenvalue weighted by Crippen LogP contribution is 2.32. The fourth-order valence-corrected chi connectivity index (χ4v) is 2.89. The molecule has 4 nitrogen and oxygen atoms in total. The molecule has 1 aliphatic heterocycles. The molecular weight excluding hydrogens is 298 g/mol. The zero-order valence-corrected chi connectivity index (χ0v) is 13.1. The van der Waals surface area contributed by atoms with Crippen molar-refractivity contribution in [1.29, 1.82) is 0 Å². The van der Waals surface area contributed by atoms with Gasteiger partial charge in [0.1, 0.15) is 0 Å². The van der Waals surface area contributed by atoms with E-state index in [1.807, 2.05) is 41.3 Å². The Labute approximate surface area is 136 Å².